The third kappa shape index (κ3) is 3.07. The van der Waals surface area contributed by atoms with Crippen LogP contribution >= 0.6 is 0 Å². The lowest BCUT2D eigenvalue weighted by atomic mass is 10.0. The highest BCUT2D eigenvalue weighted by Gasteiger charge is 2.32. The number of rotatable bonds is 3. The molecule has 2 rings (SSSR count). The number of amides is 1. The first-order valence-electron chi connectivity index (χ1n) is 6.29. The minimum Gasteiger partial charge on any atom is -0.382 e. The van der Waals surface area contributed by atoms with Gasteiger partial charge >= 0.3 is 0 Å². The highest BCUT2D eigenvalue weighted by molar-refractivity contribution is 5.79. The summed E-state index contributed by atoms with van der Waals surface area (Å²) in [5.41, 5.74) is 0. The van der Waals surface area contributed by atoms with Gasteiger partial charge in [-0.15, -0.1) is 0 Å². The van der Waals surface area contributed by atoms with Crippen molar-refractivity contribution < 1.29 is 14.3 Å². The topological polar surface area (TPSA) is 38.8 Å². The second-order valence-corrected chi connectivity index (χ2v) is 4.91. The lowest BCUT2D eigenvalue weighted by Crippen LogP contribution is -2.51. The normalized spacial score (nSPS) is 29.9. The Hall–Kier alpha value is -0.870. The van der Waals surface area contributed by atoms with Crippen LogP contribution < -0.4 is 0 Å². The maximum Gasteiger partial charge on any atom is 0.226 e. The maximum absolute atomic E-state index is 12.3. The second-order valence-electron chi connectivity index (χ2n) is 4.91. The minimum absolute atomic E-state index is 0.0158. The Balaban J connectivity index is 1.92. The molecule has 0 aromatic heterocycles. The third-order valence-corrected chi connectivity index (χ3v) is 3.35. The molecule has 2 aliphatic rings. The van der Waals surface area contributed by atoms with E-state index in [9.17, 15) is 4.79 Å². The predicted molar refractivity (Wildman–Crippen MR) is 64.7 cm³/mol. The summed E-state index contributed by atoms with van der Waals surface area (Å²) in [6.45, 7) is 3.93. The summed E-state index contributed by atoms with van der Waals surface area (Å²) < 4.78 is 10.8. The van der Waals surface area contributed by atoms with Crippen LogP contribution in [0.4, 0.5) is 0 Å². The standard InChI is InChI=1S/C13H21NO3/c1-10-7-14(8-12(17-10)9-16-2)13(15)11-5-3-4-6-11/h3-4,10-12H,5-9H2,1-2H3/t10-,12-/m1/s1. The summed E-state index contributed by atoms with van der Waals surface area (Å²) in [5.74, 6) is 0.426. The van der Waals surface area contributed by atoms with Gasteiger partial charge in [0.1, 0.15) is 0 Å². The molecular formula is C13H21NO3. The van der Waals surface area contributed by atoms with Crippen LogP contribution in [0.1, 0.15) is 19.8 Å². The highest BCUT2D eigenvalue weighted by atomic mass is 16.5. The van der Waals surface area contributed by atoms with Crippen molar-refractivity contribution in [3.8, 4) is 0 Å². The Bertz CT molecular complexity index is 295. The SMILES string of the molecule is COC[C@H]1CN(C(=O)C2CC=CC2)C[C@@H](C)O1. The molecule has 4 nitrogen and oxygen atoms in total. The van der Waals surface area contributed by atoms with Crippen LogP contribution in [-0.2, 0) is 14.3 Å². The fraction of sp³-hybridized carbons (Fsp3) is 0.769. The zero-order valence-electron chi connectivity index (χ0n) is 10.6. The Labute approximate surface area is 103 Å². The van der Waals surface area contributed by atoms with E-state index in [0.717, 1.165) is 12.8 Å². The van der Waals surface area contributed by atoms with Crippen molar-refractivity contribution in [1.29, 1.82) is 0 Å². The van der Waals surface area contributed by atoms with Crippen LogP contribution in [0.5, 0.6) is 0 Å². The fourth-order valence-electron chi connectivity index (χ4n) is 2.58. The number of allylic oxidation sites excluding steroid dienone is 2. The fourth-order valence-corrected chi connectivity index (χ4v) is 2.58. The van der Waals surface area contributed by atoms with Crippen molar-refractivity contribution in [2.45, 2.75) is 32.0 Å². The number of hydrogen-bond acceptors (Lipinski definition) is 3. The molecule has 0 bridgehead atoms. The van der Waals surface area contributed by atoms with Gasteiger partial charge < -0.3 is 14.4 Å². The predicted octanol–water partition coefficient (Wildman–Crippen LogP) is 1.21. The second kappa shape index (κ2) is 5.65. The van der Waals surface area contributed by atoms with Crippen LogP contribution in [0, 0.1) is 5.92 Å². The monoisotopic (exact) mass is 239 g/mol. The number of carbonyl (C=O) groups is 1. The molecule has 0 aromatic rings. The Kier molecular flexibility index (Phi) is 4.18. The molecule has 1 aliphatic heterocycles. The van der Waals surface area contributed by atoms with E-state index in [1.807, 2.05) is 11.8 Å². The molecule has 1 saturated heterocycles. The number of hydrogen-bond donors (Lipinski definition) is 0. The number of ether oxygens (including phenoxy) is 2. The van der Waals surface area contributed by atoms with Crippen molar-refractivity contribution in [3.05, 3.63) is 12.2 Å². The van der Waals surface area contributed by atoms with E-state index in [0.29, 0.717) is 19.7 Å². The van der Waals surface area contributed by atoms with Gasteiger partial charge in [-0.1, -0.05) is 12.2 Å². The van der Waals surface area contributed by atoms with E-state index < -0.39 is 0 Å². The Morgan fingerprint density at radius 1 is 1.41 bits per heavy atom. The number of methoxy groups -OCH3 is 1. The quantitative estimate of drug-likeness (QED) is 0.695. The molecule has 0 aromatic carbocycles. The van der Waals surface area contributed by atoms with Crippen molar-refractivity contribution in [2.24, 2.45) is 5.92 Å². The number of carbonyl (C=O) groups excluding carboxylic acids is 1. The first kappa shape index (κ1) is 12.6. The van der Waals surface area contributed by atoms with Gasteiger partial charge in [-0.2, -0.15) is 0 Å². The highest BCUT2D eigenvalue weighted by Crippen LogP contribution is 2.22. The molecule has 0 spiro atoms. The molecule has 0 radical (unpaired) electrons. The number of nitrogens with zero attached hydrogens (tertiary/aromatic N) is 1. The molecule has 0 N–H and O–H groups in total. The lowest BCUT2D eigenvalue weighted by Gasteiger charge is -2.37. The molecule has 1 fully saturated rings. The van der Waals surface area contributed by atoms with Crippen molar-refractivity contribution in [3.63, 3.8) is 0 Å². The zero-order valence-corrected chi connectivity index (χ0v) is 10.6. The van der Waals surface area contributed by atoms with E-state index >= 15 is 0 Å². The average Bonchev–Trinajstić information content (AvgIpc) is 2.81. The molecule has 2 atom stereocenters. The van der Waals surface area contributed by atoms with Gasteiger partial charge in [0, 0.05) is 26.1 Å². The Morgan fingerprint density at radius 2 is 2.12 bits per heavy atom. The van der Waals surface area contributed by atoms with E-state index in [4.69, 9.17) is 9.47 Å². The molecule has 96 valence electrons. The molecule has 4 heteroatoms. The number of morpholine rings is 1. The summed E-state index contributed by atoms with van der Waals surface area (Å²) in [5, 5.41) is 0. The first-order valence-corrected chi connectivity index (χ1v) is 6.29. The van der Waals surface area contributed by atoms with Gasteiger partial charge in [-0.25, -0.2) is 0 Å². The van der Waals surface area contributed by atoms with E-state index in [2.05, 4.69) is 12.2 Å². The van der Waals surface area contributed by atoms with Gasteiger partial charge in [0.2, 0.25) is 5.91 Å². The summed E-state index contributed by atoms with van der Waals surface area (Å²) in [6, 6.07) is 0. The largest absolute Gasteiger partial charge is 0.382 e. The molecule has 1 aliphatic carbocycles. The maximum atomic E-state index is 12.3. The van der Waals surface area contributed by atoms with Gasteiger partial charge in [0.15, 0.2) is 0 Å². The van der Waals surface area contributed by atoms with E-state index in [1.165, 1.54) is 0 Å². The zero-order chi connectivity index (χ0) is 12.3. The molecule has 1 heterocycles. The van der Waals surface area contributed by atoms with Gasteiger partial charge in [0.25, 0.3) is 0 Å². The average molecular weight is 239 g/mol. The molecule has 17 heavy (non-hydrogen) atoms. The molecule has 0 unspecified atom stereocenters. The third-order valence-electron chi connectivity index (χ3n) is 3.35. The lowest BCUT2D eigenvalue weighted by molar-refractivity contribution is -0.151. The van der Waals surface area contributed by atoms with Crippen LogP contribution in [0.25, 0.3) is 0 Å². The van der Waals surface area contributed by atoms with Crippen LogP contribution in [0.2, 0.25) is 0 Å². The summed E-state index contributed by atoms with van der Waals surface area (Å²) in [4.78, 5) is 14.2. The summed E-state index contributed by atoms with van der Waals surface area (Å²) >= 11 is 0. The van der Waals surface area contributed by atoms with Gasteiger partial charge in [0.05, 0.1) is 18.8 Å². The van der Waals surface area contributed by atoms with E-state index in [1.54, 1.807) is 7.11 Å². The smallest absolute Gasteiger partial charge is 0.226 e. The molecule has 0 saturated carbocycles. The van der Waals surface area contributed by atoms with Gasteiger partial charge in [-0.3, -0.25) is 4.79 Å². The summed E-state index contributed by atoms with van der Waals surface area (Å²) in [6.07, 6.45) is 6.08. The van der Waals surface area contributed by atoms with Crippen molar-refractivity contribution in [1.82, 2.24) is 4.90 Å². The van der Waals surface area contributed by atoms with Crippen molar-refractivity contribution in [2.75, 3.05) is 26.8 Å². The van der Waals surface area contributed by atoms with Gasteiger partial charge in [-0.05, 0) is 19.8 Å². The van der Waals surface area contributed by atoms with Crippen LogP contribution in [-0.4, -0.2) is 49.8 Å². The molecular weight excluding hydrogens is 218 g/mol. The molecule has 1 amide bonds. The van der Waals surface area contributed by atoms with Crippen LogP contribution in [0.15, 0.2) is 12.2 Å². The van der Waals surface area contributed by atoms with E-state index in [-0.39, 0.29) is 24.0 Å². The first-order chi connectivity index (χ1) is 8.20. The Morgan fingerprint density at radius 3 is 2.76 bits per heavy atom. The minimum atomic E-state index is 0.0158. The van der Waals surface area contributed by atoms with Crippen molar-refractivity contribution >= 4 is 5.91 Å². The summed E-state index contributed by atoms with van der Waals surface area (Å²) in [7, 11) is 1.66. The van der Waals surface area contributed by atoms with Crippen LogP contribution in [0.3, 0.4) is 0 Å².